The summed E-state index contributed by atoms with van der Waals surface area (Å²) in [6.45, 7) is 12.7. The van der Waals surface area contributed by atoms with Crippen LogP contribution in [0.5, 0.6) is 0 Å². The molecule has 8 heteroatoms. The maximum atomic E-state index is 12.5. The molecule has 1 N–H and O–H groups in total. The zero-order chi connectivity index (χ0) is 20.1. The van der Waals surface area contributed by atoms with Gasteiger partial charge < -0.3 is 14.2 Å². The zero-order valence-electron chi connectivity index (χ0n) is 16.2. The largest absolute Gasteiger partial charge is 0.463 e. The fourth-order valence-electron chi connectivity index (χ4n) is 1.53. The van der Waals surface area contributed by atoms with Crippen molar-refractivity contribution < 1.29 is 28.6 Å². The molecule has 8 nitrogen and oxygen atoms in total. The average molecular weight is 356 g/mol. The van der Waals surface area contributed by atoms with Crippen molar-refractivity contribution in [2.75, 3.05) is 6.61 Å². The number of terminal acetylenes is 1. The van der Waals surface area contributed by atoms with E-state index in [0.29, 0.717) is 5.01 Å². The van der Waals surface area contributed by atoms with E-state index in [1.54, 1.807) is 48.5 Å². The fraction of sp³-hybridized carbons (Fsp3) is 0.706. The van der Waals surface area contributed by atoms with Gasteiger partial charge in [0.05, 0.1) is 6.61 Å². The number of amides is 2. The topological polar surface area (TPSA) is 94.2 Å². The Labute approximate surface area is 149 Å². The van der Waals surface area contributed by atoms with Crippen LogP contribution in [0.1, 0.15) is 55.4 Å². The van der Waals surface area contributed by atoms with E-state index in [0.717, 1.165) is 0 Å². The average Bonchev–Trinajstić information content (AvgIpc) is 2.40. The second kappa shape index (κ2) is 8.10. The second-order valence-electron chi connectivity index (χ2n) is 7.37. The van der Waals surface area contributed by atoms with Crippen molar-refractivity contribution in [2.24, 2.45) is 0 Å². The normalized spacial score (nSPS) is 13.7. The number of rotatable bonds is 3. The standard InChI is InChI=1S/C17H28N2O6/c1-10-17(9,12(20)23-11-2)19(14(22)25-16(6,7)8)18-13(21)24-15(3,4)5/h1H,11H2,2-9H3,(H,18,21). The monoisotopic (exact) mass is 356 g/mol. The number of carbonyl (C=O) groups excluding carboxylic acids is 3. The number of hydrazine groups is 1. The Bertz CT molecular complexity index is 553. The summed E-state index contributed by atoms with van der Waals surface area (Å²) in [4.78, 5) is 36.9. The lowest BCUT2D eigenvalue weighted by atomic mass is 10.0. The molecule has 0 aliphatic carbocycles. The van der Waals surface area contributed by atoms with E-state index in [1.165, 1.54) is 6.92 Å². The van der Waals surface area contributed by atoms with Crippen molar-refractivity contribution in [1.29, 1.82) is 0 Å². The Balaban J connectivity index is 5.74. The summed E-state index contributed by atoms with van der Waals surface area (Å²) in [7, 11) is 0. The maximum Gasteiger partial charge on any atom is 0.431 e. The molecule has 0 spiro atoms. The van der Waals surface area contributed by atoms with Crippen LogP contribution in [0.3, 0.4) is 0 Å². The van der Waals surface area contributed by atoms with E-state index < -0.39 is 34.9 Å². The summed E-state index contributed by atoms with van der Waals surface area (Å²) in [6, 6.07) is 0. The molecule has 0 rings (SSSR count). The molecule has 0 bridgehead atoms. The first-order valence-electron chi connectivity index (χ1n) is 7.84. The minimum atomic E-state index is -1.92. The van der Waals surface area contributed by atoms with Gasteiger partial charge in [-0.1, -0.05) is 5.92 Å². The van der Waals surface area contributed by atoms with Crippen LogP contribution in [0.15, 0.2) is 0 Å². The minimum absolute atomic E-state index is 0.0463. The van der Waals surface area contributed by atoms with Gasteiger partial charge in [0.1, 0.15) is 11.2 Å². The molecule has 0 fully saturated rings. The predicted molar refractivity (Wildman–Crippen MR) is 91.3 cm³/mol. The number of nitrogens with zero attached hydrogens (tertiary/aromatic N) is 1. The summed E-state index contributed by atoms with van der Waals surface area (Å²) >= 11 is 0. The third kappa shape index (κ3) is 7.33. The Hall–Kier alpha value is -2.43. The molecular formula is C17H28N2O6. The maximum absolute atomic E-state index is 12.5. The Morgan fingerprint density at radius 3 is 1.84 bits per heavy atom. The molecule has 1 unspecified atom stereocenters. The lowest BCUT2D eigenvalue weighted by Crippen LogP contribution is -2.63. The summed E-state index contributed by atoms with van der Waals surface area (Å²) in [5.74, 6) is 1.29. The first kappa shape index (κ1) is 22.6. The van der Waals surface area contributed by atoms with E-state index >= 15 is 0 Å². The minimum Gasteiger partial charge on any atom is -0.463 e. The van der Waals surface area contributed by atoms with E-state index in [1.807, 2.05) is 0 Å². The van der Waals surface area contributed by atoms with Crippen LogP contribution in [0, 0.1) is 12.3 Å². The number of ether oxygens (including phenoxy) is 3. The Morgan fingerprint density at radius 2 is 1.48 bits per heavy atom. The molecule has 0 aromatic carbocycles. The molecule has 0 saturated carbocycles. The van der Waals surface area contributed by atoms with Gasteiger partial charge >= 0.3 is 18.2 Å². The molecule has 2 amide bonds. The molecule has 0 aromatic heterocycles. The van der Waals surface area contributed by atoms with Gasteiger partial charge in [-0.3, -0.25) is 0 Å². The van der Waals surface area contributed by atoms with Crippen molar-refractivity contribution in [3.05, 3.63) is 0 Å². The van der Waals surface area contributed by atoms with Crippen LogP contribution >= 0.6 is 0 Å². The Kier molecular flexibility index (Phi) is 7.31. The van der Waals surface area contributed by atoms with Gasteiger partial charge in [-0.15, -0.1) is 6.42 Å². The molecule has 1 atom stereocenters. The zero-order valence-corrected chi connectivity index (χ0v) is 16.2. The molecule has 25 heavy (non-hydrogen) atoms. The number of esters is 1. The van der Waals surface area contributed by atoms with Crippen LogP contribution in [0.25, 0.3) is 0 Å². The molecule has 142 valence electrons. The van der Waals surface area contributed by atoms with Gasteiger partial charge in [0.2, 0.25) is 5.54 Å². The van der Waals surface area contributed by atoms with Crippen molar-refractivity contribution in [2.45, 2.75) is 72.1 Å². The van der Waals surface area contributed by atoms with Crippen LogP contribution in [-0.4, -0.2) is 46.5 Å². The smallest absolute Gasteiger partial charge is 0.431 e. The SMILES string of the molecule is C#CC(C)(C(=O)OCC)N(NC(=O)OC(C)(C)C)C(=O)OC(C)(C)C. The van der Waals surface area contributed by atoms with Crippen LogP contribution in [0.4, 0.5) is 9.59 Å². The van der Waals surface area contributed by atoms with Gasteiger partial charge in [-0.2, -0.15) is 5.01 Å². The van der Waals surface area contributed by atoms with E-state index in [-0.39, 0.29) is 6.61 Å². The quantitative estimate of drug-likeness (QED) is 0.361. The highest BCUT2D eigenvalue weighted by molar-refractivity contribution is 5.90. The molecular weight excluding hydrogens is 328 g/mol. The van der Waals surface area contributed by atoms with Gasteiger partial charge in [0, 0.05) is 0 Å². The highest BCUT2D eigenvalue weighted by atomic mass is 16.6. The summed E-state index contributed by atoms with van der Waals surface area (Å²) in [6.07, 6.45) is 3.46. The molecule has 0 aromatic rings. The van der Waals surface area contributed by atoms with Gasteiger partial charge in [-0.25, -0.2) is 19.8 Å². The molecule has 0 heterocycles. The number of nitrogens with one attached hydrogen (secondary N) is 1. The number of carbonyl (C=O) groups is 3. The van der Waals surface area contributed by atoms with Crippen LogP contribution < -0.4 is 5.43 Å². The number of hydrogen-bond donors (Lipinski definition) is 1. The van der Waals surface area contributed by atoms with Crippen molar-refractivity contribution >= 4 is 18.2 Å². The number of hydrogen-bond acceptors (Lipinski definition) is 6. The van der Waals surface area contributed by atoms with E-state index in [4.69, 9.17) is 20.6 Å². The summed E-state index contributed by atoms with van der Waals surface area (Å²) in [5.41, 5.74) is -1.44. The van der Waals surface area contributed by atoms with Gasteiger partial charge in [-0.05, 0) is 55.4 Å². The molecule has 0 radical (unpaired) electrons. The van der Waals surface area contributed by atoms with E-state index in [9.17, 15) is 14.4 Å². The predicted octanol–water partition coefficient (Wildman–Crippen LogP) is 2.62. The summed E-state index contributed by atoms with van der Waals surface area (Å²) in [5, 5.41) is 0.602. The van der Waals surface area contributed by atoms with E-state index in [2.05, 4.69) is 11.3 Å². The third-order valence-corrected chi connectivity index (χ3v) is 2.58. The third-order valence-electron chi connectivity index (χ3n) is 2.58. The first-order chi connectivity index (χ1) is 11.2. The van der Waals surface area contributed by atoms with Gasteiger partial charge in [0.25, 0.3) is 0 Å². The highest BCUT2D eigenvalue weighted by Gasteiger charge is 2.46. The fourth-order valence-corrected chi connectivity index (χ4v) is 1.53. The lowest BCUT2D eigenvalue weighted by Gasteiger charge is -2.36. The van der Waals surface area contributed by atoms with Crippen molar-refractivity contribution in [1.82, 2.24) is 10.4 Å². The lowest BCUT2D eigenvalue weighted by molar-refractivity contribution is -0.154. The van der Waals surface area contributed by atoms with Crippen molar-refractivity contribution in [3.8, 4) is 12.3 Å². The van der Waals surface area contributed by atoms with Gasteiger partial charge in [0.15, 0.2) is 0 Å². The molecule has 0 aliphatic heterocycles. The van der Waals surface area contributed by atoms with Crippen molar-refractivity contribution in [3.63, 3.8) is 0 Å². The highest BCUT2D eigenvalue weighted by Crippen LogP contribution is 2.19. The molecule has 0 aliphatic rings. The second-order valence-corrected chi connectivity index (χ2v) is 7.37. The Morgan fingerprint density at radius 1 is 1.00 bits per heavy atom. The molecule has 0 saturated heterocycles. The first-order valence-corrected chi connectivity index (χ1v) is 7.84. The summed E-state index contributed by atoms with van der Waals surface area (Å²) < 4.78 is 15.2. The van der Waals surface area contributed by atoms with Crippen LogP contribution in [-0.2, 0) is 19.0 Å². The van der Waals surface area contributed by atoms with Crippen LogP contribution in [0.2, 0.25) is 0 Å².